The summed E-state index contributed by atoms with van der Waals surface area (Å²) in [6.07, 6.45) is 6.31. The average molecular weight is 707 g/mol. The summed E-state index contributed by atoms with van der Waals surface area (Å²) in [6.45, 7) is 15.4. The summed E-state index contributed by atoms with van der Waals surface area (Å²) in [4.78, 5) is 44.0. The molecule has 0 spiro atoms. The Morgan fingerprint density at radius 2 is 1.04 bits per heavy atom. The Bertz CT molecular complexity index is 1510. The van der Waals surface area contributed by atoms with Crippen molar-refractivity contribution in [3.8, 4) is 0 Å². The molecule has 5 nitrogen and oxygen atoms in total. The number of hydrogen-bond donors (Lipinski definition) is 0. The summed E-state index contributed by atoms with van der Waals surface area (Å²) in [7, 11) is 0. The number of ketones is 1. The van der Waals surface area contributed by atoms with Crippen molar-refractivity contribution in [1.82, 2.24) is 0 Å². The Morgan fingerprint density at radius 1 is 0.635 bits per heavy atom. The molecule has 5 rings (SSSR count). The number of benzene rings is 3. The van der Waals surface area contributed by atoms with Gasteiger partial charge in [0.25, 0.3) is 0 Å². The van der Waals surface area contributed by atoms with E-state index in [2.05, 4.69) is 90.1 Å². The molecule has 5 heteroatoms. The fourth-order valence-corrected chi connectivity index (χ4v) is 9.28. The van der Waals surface area contributed by atoms with Gasteiger partial charge in [0.05, 0.1) is 5.92 Å². The van der Waals surface area contributed by atoms with Gasteiger partial charge in [-0.1, -0.05) is 159 Å². The van der Waals surface area contributed by atoms with Crippen molar-refractivity contribution in [2.24, 2.45) is 29.6 Å². The van der Waals surface area contributed by atoms with Crippen molar-refractivity contribution in [3.05, 3.63) is 108 Å². The Morgan fingerprint density at radius 3 is 1.44 bits per heavy atom. The van der Waals surface area contributed by atoms with Gasteiger partial charge in [-0.15, -0.1) is 0 Å². The van der Waals surface area contributed by atoms with Crippen LogP contribution in [0.5, 0.6) is 0 Å². The van der Waals surface area contributed by atoms with Gasteiger partial charge in [-0.2, -0.15) is 0 Å². The topological polar surface area (TPSA) is 69.7 Å². The van der Waals surface area contributed by atoms with E-state index in [1.807, 2.05) is 49.4 Å². The summed E-state index contributed by atoms with van der Waals surface area (Å²) < 4.78 is 13.2. The van der Waals surface area contributed by atoms with E-state index in [9.17, 15) is 14.4 Å². The van der Waals surface area contributed by atoms with E-state index < -0.39 is 36.0 Å². The van der Waals surface area contributed by atoms with E-state index in [4.69, 9.17) is 9.47 Å². The van der Waals surface area contributed by atoms with Crippen molar-refractivity contribution in [2.75, 3.05) is 0 Å². The molecular formula is C47H62O5. The van der Waals surface area contributed by atoms with Gasteiger partial charge in [0.2, 0.25) is 0 Å². The van der Waals surface area contributed by atoms with Crippen LogP contribution in [-0.2, 0) is 34.7 Å². The minimum atomic E-state index is -1.40. The maximum atomic E-state index is 14.9. The van der Waals surface area contributed by atoms with Gasteiger partial charge in [0.1, 0.15) is 18.0 Å². The molecule has 0 heterocycles. The predicted octanol–water partition coefficient (Wildman–Crippen LogP) is 10.8. The lowest BCUT2D eigenvalue weighted by atomic mass is 9.64. The van der Waals surface area contributed by atoms with E-state index in [0.717, 1.165) is 32.1 Å². The van der Waals surface area contributed by atoms with Gasteiger partial charge in [-0.05, 0) is 71.5 Å². The molecule has 0 N–H and O–H groups in total. The minimum Gasteiger partial charge on any atom is -0.461 e. The van der Waals surface area contributed by atoms with E-state index in [1.54, 1.807) is 0 Å². The maximum Gasteiger partial charge on any atom is 0.321 e. The highest BCUT2D eigenvalue weighted by Crippen LogP contribution is 2.46. The van der Waals surface area contributed by atoms with Crippen LogP contribution >= 0.6 is 0 Å². The Kier molecular flexibility index (Phi) is 13.2. The van der Waals surface area contributed by atoms with Crippen molar-refractivity contribution >= 4 is 17.7 Å². The highest BCUT2D eigenvalue weighted by Gasteiger charge is 2.49. The molecule has 2 saturated carbocycles. The Labute approximate surface area is 313 Å². The second-order valence-electron chi connectivity index (χ2n) is 17.1. The molecule has 52 heavy (non-hydrogen) atoms. The lowest BCUT2D eigenvalue weighted by Crippen LogP contribution is -2.48. The zero-order valence-electron chi connectivity index (χ0n) is 32.7. The first-order chi connectivity index (χ1) is 24.8. The van der Waals surface area contributed by atoms with Crippen LogP contribution in [0.4, 0.5) is 0 Å². The van der Waals surface area contributed by atoms with Crippen molar-refractivity contribution < 1.29 is 23.9 Å². The highest BCUT2D eigenvalue weighted by atomic mass is 16.6. The third kappa shape index (κ3) is 9.07. The molecule has 0 unspecified atom stereocenters. The molecule has 2 fully saturated rings. The van der Waals surface area contributed by atoms with Crippen molar-refractivity contribution in [2.45, 2.75) is 135 Å². The lowest BCUT2D eigenvalue weighted by molar-refractivity contribution is -0.178. The van der Waals surface area contributed by atoms with Crippen LogP contribution in [-0.4, -0.2) is 29.9 Å². The standard InChI is InChI=1S/C47H62O5/c1-8-9-25-39(48)42(34-19-13-10-14-20-34)43(44(49)51-40-30-32(2)26-28-37(40)46(4,5)35-21-15-11-16-22-35)45(50)52-41-31-33(3)27-29-38(41)47(6,7)36-23-17-12-18-24-36/h10-24,32-33,37-38,40-43H,8-9,25-31H2,1-7H3/t32-,33-,37-,38-,40-,41-,42+/m1/s1. The van der Waals surface area contributed by atoms with E-state index in [-0.39, 0.29) is 34.9 Å². The minimum absolute atomic E-state index is 0.0490. The quantitative estimate of drug-likeness (QED) is 0.123. The zero-order chi connectivity index (χ0) is 37.5. The molecule has 3 aromatic carbocycles. The number of ether oxygens (including phenoxy) is 2. The molecule has 0 radical (unpaired) electrons. The summed E-state index contributed by atoms with van der Waals surface area (Å²) in [6, 6.07) is 30.2. The van der Waals surface area contributed by atoms with Gasteiger partial charge in [0.15, 0.2) is 5.92 Å². The van der Waals surface area contributed by atoms with Crippen LogP contribution in [0.2, 0.25) is 0 Å². The van der Waals surface area contributed by atoms with Gasteiger partial charge in [0, 0.05) is 18.3 Å². The smallest absolute Gasteiger partial charge is 0.321 e. The number of hydrogen-bond acceptors (Lipinski definition) is 5. The Hall–Kier alpha value is -3.73. The van der Waals surface area contributed by atoms with Crippen LogP contribution in [0.1, 0.15) is 129 Å². The zero-order valence-corrected chi connectivity index (χ0v) is 32.7. The first kappa shape index (κ1) is 39.5. The number of carbonyl (C=O) groups is 3. The molecular weight excluding hydrogens is 645 g/mol. The number of carbonyl (C=O) groups excluding carboxylic acids is 3. The third-order valence-electron chi connectivity index (χ3n) is 12.7. The van der Waals surface area contributed by atoms with Crippen LogP contribution in [0.15, 0.2) is 91.0 Å². The molecule has 0 amide bonds. The van der Waals surface area contributed by atoms with Gasteiger partial charge >= 0.3 is 11.9 Å². The van der Waals surface area contributed by atoms with Crippen molar-refractivity contribution in [1.29, 1.82) is 0 Å². The average Bonchev–Trinajstić information content (AvgIpc) is 3.13. The SMILES string of the molecule is CCCCC(=O)[C@H](c1ccccc1)C(C(=O)O[C@@H]1C[C@H](C)CC[C@H]1C(C)(C)c1ccccc1)C(=O)O[C@@H]1C[C@H](C)CC[C@H]1C(C)(C)c1ccccc1. The van der Waals surface area contributed by atoms with Gasteiger partial charge in [-0.3, -0.25) is 14.4 Å². The molecule has 2 aliphatic carbocycles. The van der Waals surface area contributed by atoms with Gasteiger partial charge < -0.3 is 9.47 Å². The number of Topliss-reactive ketones (excluding diaryl/α,β-unsaturated/α-hetero) is 1. The Balaban J connectivity index is 1.52. The summed E-state index contributed by atoms with van der Waals surface area (Å²) >= 11 is 0. The van der Waals surface area contributed by atoms with E-state index in [0.29, 0.717) is 36.7 Å². The van der Waals surface area contributed by atoms with Crippen molar-refractivity contribution in [3.63, 3.8) is 0 Å². The fourth-order valence-electron chi connectivity index (χ4n) is 9.28. The first-order valence-corrected chi connectivity index (χ1v) is 19.9. The largest absolute Gasteiger partial charge is 0.461 e. The predicted molar refractivity (Wildman–Crippen MR) is 209 cm³/mol. The molecule has 2 aliphatic rings. The van der Waals surface area contributed by atoms with Crippen LogP contribution in [0.3, 0.4) is 0 Å². The summed E-state index contributed by atoms with van der Waals surface area (Å²) in [5, 5.41) is 0. The maximum absolute atomic E-state index is 14.9. The summed E-state index contributed by atoms with van der Waals surface area (Å²) in [5.41, 5.74) is 2.50. The molecule has 7 atom stereocenters. The number of rotatable bonds is 14. The van der Waals surface area contributed by atoms with Crippen LogP contribution in [0, 0.1) is 29.6 Å². The van der Waals surface area contributed by atoms with Crippen LogP contribution < -0.4 is 0 Å². The highest BCUT2D eigenvalue weighted by molar-refractivity contribution is 6.03. The normalized spacial score (nSPS) is 24.5. The molecule has 0 bridgehead atoms. The molecule has 280 valence electrons. The lowest BCUT2D eigenvalue weighted by Gasteiger charge is -2.45. The molecule has 0 aliphatic heterocycles. The van der Waals surface area contributed by atoms with Gasteiger partial charge in [-0.25, -0.2) is 0 Å². The third-order valence-corrected chi connectivity index (χ3v) is 12.7. The number of unbranched alkanes of at least 4 members (excludes halogenated alkanes) is 1. The van der Waals surface area contributed by atoms with Crippen LogP contribution in [0.25, 0.3) is 0 Å². The molecule has 0 saturated heterocycles. The molecule has 0 aromatic heterocycles. The second-order valence-corrected chi connectivity index (χ2v) is 17.1. The van der Waals surface area contributed by atoms with E-state index in [1.165, 1.54) is 11.1 Å². The summed E-state index contributed by atoms with van der Waals surface area (Å²) in [5.74, 6) is -2.96. The first-order valence-electron chi connectivity index (χ1n) is 19.9. The molecule has 3 aromatic rings. The second kappa shape index (κ2) is 17.4. The fraction of sp³-hybridized carbons (Fsp3) is 0.553. The van der Waals surface area contributed by atoms with E-state index >= 15 is 0 Å². The number of esters is 2. The monoisotopic (exact) mass is 706 g/mol.